The van der Waals surface area contributed by atoms with Gasteiger partial charge in [-0.15, -0.1) is 6.58 Å². The minimum atomic E-state index is -0.134. The van der Waals surface area contributed by atoms with Crippen molar-refractivity contribution in [3.8, 4) is 0 Å². The Morgan fingerprint density at radius 3 is 2.87 bits per heavy atom. The largest absolute Gasteiger partial charge is 0.354 e. The molecule has 0 aromatic rings. The number of carbonyl (C=O) groups is 2. The van der Waals surface area contributed by atoms with E-state index in [1.165, 1.54) is 0 Å². The van der Waals surface area contributed by atoms with E-state index in [0.717, 1.165) is 45.3 Å². The fourth-order valence-corrected chi connectivity index (χ4v) is 3.38. The lowest BCUT2D eigenvalue weighted by atomic mass is 9.96. The highest BCUT2D eigenvalue weighted by Gasteiger charge is 2.28. The quantitative estimate of drug-likeness (QED) is 0.588. The zero-order valence-corrected chi connectivity index (χ0v) is 14.1. The highest BCUT2D eigenvalue weighted by atomic mass is 16.2. The van der Waals surface area contributed by atoms with Gasteiger partial charge in [-0.25, -0.2) is 0 Å². The van der Waals surface area contributed by atoms with E-state index in [-0.39, 0.29) is 23.9 Å². The summed E-state index contributed by atoms with van der Waals surface area (Å²) < 4.78 is 0. The molecule has 0 aliphatic carbocycles. The second-order valence-corrected chi connectivity index (χ2v) is 6.61. The Kier molecular flexibility index (Phi) is 7.05. The molecule has 0 spiro atoms. The van der Waals surface area contributed by atoms with Crippen molar-refractivity contribution < 1.29 is 9.59 Å². The molecule has 2 rings (SSSR count). The molecule has 2 saturated heterocycles. The van der Waals surface area contributed by atoms with Crippen molar-refractivity contribution >= 4 is 11.8 Å². The van der Waals surface area contributed by atoms with Crippen molar-refractivity contribution in [1.29, 1.82) is 0 Å². The molecular formula is C17H30N4O2. The van der Waals surface area contributed by atoms with Gasteiger partial charge in [0.15, 0.2) is 0 Å². The molecule has 0 aromatic carbocycles. The number of hydrogen-bond acceptors (Lipinski definition) is 4. The third kappa shape index (κ3) is 5.32. The van der Waals surface area contributed by atoms with Crippen LogP contribution in [0.2, 0.25) is 0 Å². The summed E-state index contributed by atoms with van der Waals surface area (Å²) in [4.78, 5) is 26.4. The van der Waals surface area contributed by atoms with E-state index in [1.807, 2.05) is 6.92 Å². The van der Waals surface area contributed by atoms with Gasteiger partial charge < -0.3 is 16.0 Å². The predicted molar refractivity (Wildman–Crippen MR) is 91.0 cm³/mol. The molecule has 2 aliphatic rings. The zero-order chi connectivity index (χ0) is 16.7. The molecule has 3 N–H and O–H groups in total. The van der Waals surface area contributed by atoms with Crippen LogP contribution in [0.5, 0.6) is 0 Å². The third-order valence-electron chi connectivity index (χ3n) is 4.84. The second-order valence-electron chi connectivity index (χ2n) is 6.61. The first kappa shape index (κ1) is 17.9. The lowest BCUT2D eigenvalue weighted by Crippen LogP contribution is -2.51. The van der Waals surface area contributed by atoms with E-state index in [9.17, 15) is 9.59 Å². The molecule has 2 amide bonds. The van der Waals surface area contributed by atoms with Crippen LogP contribution in [0.3, 0.4) is 0 Å². The molecule has 6 heteroatoms. The number of amides is 2. The monoisotopic (exact) mass is 322 g/mol. The number of carbonyl (C=O) groups excluding carboxylic acids is 2. The van der Waals surface area contributed by atoms with Crippen molar-refractivity contribution in [2.45, 2.75) is 44.7 Å². The lowest BCUT2D eigenvalue weighted by Gasteiger charge is -2.36. The van der Waals surface area contributed by atoms with Gasteiger partial charge in [-0.2, -0.15) is 0 Å². The SMILES string of the molecule is C=CCNC(=O)C(C)N1CCCC(CNC(=O)C2CCCN2)C1. The van der Waals surface area contributed by atoms with E-state index in [2.05, 4.69) is 27.4 Å². The highest BCUT2D eigenvalue weighted by Crippen LogP contribution is 2.18. The van der Waals surface area contributed by atoms with Gasteiger partial charge in [-0.05, 0) is 51.6 Å². The molecule has 0 bridgehead atoms. The van der Waals surface area contributed by atoms with Crippen molar-refractivity contribution in [2.24, 2.45) is 5.92 Å². The Hall–Kier alpha value is -1.40. The Balaban J connectivity index is 1.75. The molecule has 0 radical (unpaired) electrons. The fourth-order valence-electron chi connectivity index (χ4n) is 3.38. The third-order valence-corrected chi connectivity index (χ3v) is 4.84. The Morgan fingerprint density at radius 1 is 1.35 bits per heavy atom. The van der Waals surface area contributed by atoms with Gasteiger partial charge in [0, 0.05) is 19.6 Å². The topological polar surface area (TPSA) is 73.5 Å². The van der Waals surface area contributed by atoms with Crippen LogP contribution >= 0.6 is 0 Å². The first-order valence-corrected chi connectivity index (χ1v) is 8.75. The number of piperidine rings is 1. The number of nitrogens with zero attached hydrogens (tertiary/aromatic N) is 1. The maximum absolute atomic E-state index is 12.1. The summed E-state index contributed by atoms with van der Waals surface area (Å²) in [5, 5.41) is 9.15. The van der Waals surface area contributed by atoms with Crippen LogP contribution in [0.4, 0.5) is 0 Å². The maximum atomic E-state index is 12.1. The molecule has 2 heterocycles. The Labute approximate surface area is 139 Å². The predicted octanol–water partition coefficient (Wildman–Crippen LogP) is 0.257. The van der Waals surface area contributed by atoms with Crippen molar-refractivity contribution in [3.63, 3.8) is 0 Å². The number of nitrogens with one attached hydrogen (secondary N) is 3. The van der Waals surface area contributed by atoms with E-state index in [4.69, 9.17) is 0 Å². The normalized spacial score (nSPS) is 26.5. The first-order chi connectivity index (χ1) is 11.1. The average Bonchev–Trinajstić information content (AvgIpc) is 3.11. The van der Waals surface area contributed by atoms with Gasteiger partial charge in [0.2, 0.25) is 11.8 Å². The molecule has 3 atom stereocenters. The van der Waals surface area contributed by atoms with E-state index >= 15 is 0 Å². The summed E-state index contributed by atoms with van der Waals surface area (Å²) in [5.41, 5.74) is 0. The van der Waals surface area contributed by atoms with Gasteiger partial charge in [0.1, 0.15) is 0 Å². The Bertz CT molecular complexity index is 421. The van der Waals surface area contributed by atoms with Crippen LogP contribution < -0.4 is 16.0 Å². The molecule has 2 fully saturated rings. The van der Waals surface area contributed by atoms with Crippen molar-refractivity contribution in [2.75, 3.05) is 32.7 Å². The van der Waals surface area contributed by atoms with Crippen LogP contribution in [0.1, 0.15) is 32.6 Å². The standard InChI is InChI=1S/C17H30N4O2/c1-3-8-19-16(22)13(2)21-10-5-6-14(12-21)11-20-17(23)15-7-4-9-18-15/h3,13-15,18H,1,4-12H2,2H3,(H,19,22)(H,20,23). The van der Waals surface area contributed by atoms with E-state index < -0.39 is 0 Å². The van der Waals surface area contributed by atoms with Gasteiger partial charge in [-0.3, -0.25) is 14.5 Å². The van der Waals surface area contributed by atoms with E-state index in [0.29, 0.717) is 19.0 Å². The molecular weight excluding hydrogens is 292 g/mol. The number of likely N-dealkylation sites (tertiary alicyclic amines) is 1. The summed E-state index contributed by atoms with van der Waals surface area (Å²) in [6.45, 7) is 9.51. The molecule has 6 nitrogen and oxygen atoms in total. The summed E-state index contributed by atoms with van der Waals surface area (Å²) >= 11 is 0. The maximum Gasteiger partial charge on any atom is 0.237 e. The van der Waals surface area contributed by atoms with Crippen LogP contribution in [0, 0.1) is 5.92 Å². The van der Waals surface area contributed by atoms with Crippen LogP contribution in [0.15, 0.2) is 12.7 Å². The first-order valence-electron chi connectivity index (χ1n) is 8.75. The minimum Gasteiger partial charge on any atom is -0.354 e. The lowest BCUT2D eigenvalue weighted by molar-refractivity contribution is -0.127. The van der Waals surface area contributed by atoms with Crippen LogP contribution in [-0.2, 0) is 9.59 Å². The molecule has 23 heavy (non-hydrogen) atoms. The smallest absolute Gasteiger partial charge is 0.237 e. The summed E-state index contributed by atoms with van der Waals surface area (Å²) in [5.74, 6) is 0.588. The van der Waals surface area contributed by atoms with Crippen LogP contribution in [-0.4, -0.2) is 61.5 Å². The van der Waals surface area contributed by atoms with Crippen LogP contribution in [0.25, 0.3) is 0 Å². The molecule has 2 aliphatic heterocycles. The molecule has 130 valence electrons. The molecule has 0 aromatic heterocycles. The van der Waals surface area contributed by atoms with Gasteiger partial charge in [0.05, 0.1) is 12.1 Å². The van der Waals surface area contributed by atoms with Crippen molar-refractivity contribution in [3.05, 3.63) is 12.7 Å². The molecule has 0 saturated carbocycles. The fraction of sp³-hybridized carbons (Fsp3) is 0.765. The minimum absolute atomic E-state index is 0.0155. The second kappa shape index (κ2) is 9.03. The molecule has 3 unspecified atom stereocenters. The van der Waals surface area contributed by atoms with Gasteiger partial charge in [-0.1, -0.05) is 6.08 Å². The van der Waals surface area contributed by atoms with Gasteiger partial charge in [0.25, 0.3) is 0 Å². The van der Waals surface area contributed by atoms with Crippen molar-refractivity contribution in [1.82, 2.24) is 20.9 Å². The highest BCUT2D eigenvalue weighted by molar-refractivity contribution is 5.82. The van der Waals surface area contributed by atoms with E-state index in [1.54, 1.807) is 6.08 Å². The number of rotatable bonds is 7. The number of hydrogen-bond donors (Lipinski definition) is 3. The summed E-state index contributed by atoms with van der Waals surface area (Å²) in [7, 11) is 0. The van der Waals surface area contributed by atoms with Gasteiger partial charge >= 0.3 is 0 Å². The summed E-state index contributed by atoms with van der Waals surface area (Å²) in [6.07, 6.45) is 5.88. The summed E-state index contributed by atoms with van der Waals surface area (Å²) in [6, 6.07) is -0.150. The Morgan fingerprint density at radius 2 is 2.17 bits per heavy atom. The average molecular weight is 322 g/mol. The zero-order valence-electron chi connectivity index (χ0n) is 14.1.